The van der Waals surface area contributed by atoms with Gasteiger partial charge in [-0.25, -0.2) is 0 Å². The number of hydrogen-bond donors (Lipinski definition) is 0. The molecule has 0 amide bonds. The first-order valence-corrected chi connectivity index (χ1v) is 5.19. The van der Waals surface area contributed by atoms with E-state index in [1.54, 1.807) is 0 Å². The normalized spacial score (nSPS) is 30.4. The zero-order valence-electron chi connectivity index (χ0n) is 9.01. The van der Waals surface area contributed by atoms with Crippen molar-refractivity contribution in [2.24, 2.45) is 11.3 Å². The smallest absolute Gasteiger partial charge is 0.0700 e. The summed E-state index contributed by atoms with van der Waals surface area (Å²) in [6.07, 6.45) is 2.24. The van der Waals surface area contributed by atoms with Gasteiger partial charge in [0, 0.05) is 13.1 Å². The zero-order valence-corrected chi connectivity index (χ0v) is 9.01. The second-order valence-corrected chi connectivity index (χ2v) is 4.90. The molecule has 0 N–H and O–H groups in total. The average Bonchev–Trinajstić information content (AvgIpc) is 2.03. The fourth-order valence-corrected chi connectivity index (χ4v) is 2.11. The highest BCUT2D eigenvalue weighted by Crippen LogP contribution is 2.28. The monoisotopic (exact) mass is 180 g/mol. The van der Waals surface area contributed by atoms with Crippen molar-refractivity contribution in [2.45, 2.75) is 33.6 Å². The molecule has 0 aliphatic carbocycles. The van der Waals surface area contributed by atoms with Gasteiger partial charge in [-0.2, -0.15) is 5.26 Å². The largest absolute Gasteiger partial charge is 0.302 e. The topological polar surface area (TPSA) is 27.0 Å². The Balaban J connectivity index is 2.48. The van der Waals surface area contributed by atoms with Crippen LogP contribution in [0.1, 0.15) is 33.6 Å². The van der Waals surface area contributed by atoms with Crippen LogP contribution in [0.15, 0.2) is 0 Å². The summed E-state index contributed by atoms with van der Waals surface area (Å²) in [5, 5.41) is 9.03. The molecule has 1 atom stereocenters. The first kappa shape index (κ1) is 10.5. The number of likely N-dealkylation sites (tertiary alicyclic amines) is 1. The molecule has 0 saturated carbocycles. The first-order valence-electron chi connectivity index (χ1n) is 5.19. The highest BCUT2D eigenvalue weighted by Gasteiger charge is 2.30. The summed E-state index contributed by atoms with van der Waals surface area (Å²) in [7, 11) is 0. The van der Waals surface area contributed by atoms with Gasteiger partial charge in [0.25, 0.3) is 0 Å². The van der Waals surface area contributed by atoms with Crippen LogP contribution in [0, 0.1) is 22.7 Å². The van der Waals surface area contributed by atoms with Crippen molar-refractivity contribution >= 4 is 0 Å². The molecular weight excluding hydrogens is 160 g/mol. The van der Waals surface area contributed by atoms with Crippen LogP contribution in [-0.4, -0.2) is 24.5 Å². The Morgan fingerprint density at radius 2 is 2.23 bits per heavy atom. The lowest BCUT2D eigenvalue weighted by Crippen LogP contribution is -2.42. The number of piperidine rings is 1. The first-order chi connectivity index (χ1) is 6.06. The van der Waals surface area contributed by atoms with Gasteiger partial charge in [0.1, 0.15) is 0 Å². The predicted molar refractivity (Wildman–Crippen MR) is 54.2 cm³/mol. The number of nitrogens with zero attached hydrogens (tertiary/aromatic N) is 2. The summed E-state index contributed by atoms with van der Waals surface area (Å²) in [5.74, 6) is 0.709. The molecule has 1 aliphatic heterocycles. The second-order valence-electron chi connectivity index (χ2n) is 4.90. The minimum absolute atomic E-state index is 0.0901. The number of hydrogen-bond acceptors (Lipinski definition) is 2. The molecule has 1 fully saturated rings. The van der Waals surface area contributed by atoms with E-state index >= 15 is 0 Å². The van der Waals surface area contributed by atoms with Gasteiger partial charge < -0.3 is 4.90 Å². The standard InChI is InChI=1S/C11H20N2/c1-10(2)7-13-6-4-5-11(3,8-12)9-13/h10H,4-7,9H2,1-3H3/t11-/m1/s1. The number of nitriles is 1. The number of rotatable bonds is 2. The highest BCUT2D eigenvalue weighted by atomic mass is 15.1. The second kappa shape index (κ2) is 4.11. The maximum atomic E-state index is 9.03. The molecule has 0 aromatic carbocycles. The minimum Gasteiger partial charge on any atom is -0.302 e. The fourth-order valence-electron chi connectivity index (χ4n) is 2.11. The van der Waals surface area contributed by atoms with Gasteiger partial charge >= 0.3 is 0 Å². The molecule has 1 heterocycles. The van der Waals surface area contributed by atoms with Gasteiger partial charge in [0.05, 0.1) is 11.5 Å². The average molecular weight is 180 g/mol. The maximum Gasteiger partial charge on any atom is 0.0700 e. The van der Waals surface area contributed by atoms with E-state index in [0.717, 1.165) is 19.5 Å². The Morgan fingerprint density at radius 3 is 2.77 bits per heavy atom. The molecule has 2 nitrogen and oxygen atoms in total. The predicted octanol–water partition coefficient (Wildman–Crippen LogP) is 2.27. The van der Waals surface area contributed by atoms with Gasteiger partial charge in [0.15, 0.2) is 0 Å². The summed E-state index contributed by atoms with van der Waals surface area (Å²) >= 11 is 0. The van der Waals surface area contributed by atoms with E-state index in [4.69, 9.17) is 5.26 Å². The molecule has 1 rings (SSSR count). The summed E-state index contributed by atoms with van der Waals surface area (Å²) in [5.41, 5.74) is -0.0901. The lowest BCUT2D eigenvalue weighted by atomic mass is 9.83. The Morgan fingerprint density at radius 1 is 1.54 bits per heavy atom. The van der Waals surface area contributed by atoms with Crippen LogP contribution in [-0.2, 0) is 0 Å². The third-order valence-electron chi connectivity index (χ3n) is 2.67. The summed E-state index contributed by atoms with van der Waals surface area (Å²) in [6.45, 7) is 9.82. The zero-order chi connectivity index (χ0) is 9.90. The van der Waals surface area contributed by atoms with Gasteiger partial charge in [-0.3, -0.25) is 0 Å². The van der Waals surface area contributed by atoms with E-state index < -0.39 is 0 Å². The Hall–Kier alpha value is -0.550. The van der Waals surface area contributed by atoms with E-state index in [9.17, 15) is 0 Å². The molecule has 0 spiro atoms. The van der Waals surface area contributed by atoms with E-state index in [0.29, 0.717) is 5.92 Å². The Labute approximate surface area is 81.5 Å². The van der Waals surface area contributed by atoms with Gasteiger partial charge in [-0.1, -0.05) is 13.8 Å². The summed E-state index contributed by atoms with van der Waals surface area (Å²) in [6, 6.07) is 2.44. The van der Waals surface area contributed by atoms with E-state index in [1.807, 2.05) is 0 Å². The molecule has 1 saturated heterocycles. The van der Waals surface area contributed by atoms with Crippen LogP contribution in [0.5, 0.6) is 0 Å². The lowest BCUT2D eigenvalue weighted by Gasteiger charge is -2.36. The van der Waals surface area contributed by atoms with Crippen LogP contribution in [0.25, 0.3) is 0 Å². The fraction of sp³-hybridized carbons (Fsp3) is 0.909. The van der Waals surface area contributed by atoms with Crippen molar-refractivity contribution in [1.29, 1.82) is 5.26 Å². The minimum atomic E-state index is -0.0901. The van der Waals surface area contributed by atoms with Gasteiger partial charge in [0.2, 0.25) is 0 Å². The molecule has 74 valence electrons. The SMILES string of the molecule is CC(C)CN1CCC[C@](C)(C#N)C1. The highest BCUT2D eigenvalue weighted by molar-refractivity contribution is 4.99. The van der Waals surface area contributed by atoms with Crippen LogP contribution in [0.2, 0.25) is 0 Å². The van der Waals surface area contributed by atoms with Crippen molar-refractivity contribution in [3.05, 3.63) is 0 Å². The molecule has 0 aromatic heterocycles. The van der Waals surface area contributed by atoms with Crippen LogP contribution < -0.4 is 0 Å². The van der Waals surface area contributed by atoms with Crippen LogP contribution in [0.4, 0.5) is 0 Å². The summed E-state index contributed by atoms with van der Waals surface area (Å²) in [4.78, 5) is 2.43. The Kier molecular flexibility index (Phi) is 3.33. The van der Waals surface area contributed by atoms with Crippen molar-refractivity contribution in [1.82, 2.24) is 4.90 Å². The van der Waals surface area contributed by atoms with Crippen LogP contribution in [0.3, 0.4) is 0 Å². The molecule has 1 aliphatic rings. The maximum absolute atomic E-state index is 9.03. The van der Waals surface area contributed by atoms with Crippen molar-refractivity contribution in [2.75, 3.05) is 19.6 Å². The molecular formula is C11H20N2. The molecule has 2 heteroatoms. The third kappa shape index (κ3) is 3.00. The molecule has 0 aromatic rings. The molecule has 0 radical (unpaired) electrons. The summed E-state index contributed by atoms with van der Waals surface area (Å²) < 4.78 is 0. The molecule has 13 heavy (non-hydrogen) atoms. The molecule has 0 unspecified atom stereocenters. The van der Waals surface area contributed by atoms with Crippen molar-refractivity contribution < 1.29 is 0 Å². The van der Waals surface area contributed by atoms with Crippen molar-refractivity contribution in [3.8, 4) is 6.07 Å². The quantitative estimate of drug-likeness (QED) is 0.652. The van der Waals surface area contributed by atoms with Gasteiger partial charge in [-0.05, 0) is 32.2 Å². The van der Waals surface area contributed by atoms with Gasteiger partial charge in [-0.15, -0.1) is 0 Å². The lowest BCUT2D eigenvalue weighted by molar-refractivity contribution is 0.130. The van der Waals surface area contributed by atoms with Crippen LogP contribution >= 0.6 is 0 Å². The third-order valence-corrected chi connectivity index (χ3v) is 2.67. The molecule has 0 bridgehead atoms. The van der Waals surface area contributed by atoms with E-state index in [1.165, 1.54) is 13.0 Å². The van der Waals surface area contributed by atoms with E-state index in [2.05, 4.69) is 31.7 Å². The van der Waals surface area contributed by atoms with E-state index in [-0.39, 0.29) is 5.41 Å². The Bertz CT molecular complexity index is 205. The van der Waals surface area contributed by atoms with Crippen molar-refractivity contribution in [3.63, 3.8) is 0 Å².